The summed E-state index contributed by atoms with van der Waals surface area (Å²) in [5, 5.41) is 17.2. The minimum Gasteiger partial charge on any atom is -0.382 e. The van der Waals surface area contributed by atoms with Gasteiger partial charge >= 0.3 is 0 Å². The minimum absolute atomic E-state index is 0. The van der Waals surface area contributed by atoms with Gasteiger partial charge in [0, 0.05) is 6.20 Å². The Morgan fingerprint density at radius 1 is 1.48 bits per heavy atom. The molecule has 7 nitrogen and oxygen atoms in total. The van der Waals surface area contributed by atoms with E-state index in [9.17, 15) is 4.79 Å². The average Bonchev–Trinajstić information content (AvgIpc) is 2.79. The molecule has 4 N–H and O–H groups in total. The SMILES string of the molecule is Cl.N#CCC1(n2nc(N)c3c(=O)[nH]ccc32)CCNCC1. The number of nitrogens with two attached hydrogens (primary N) is 1. The molecular weight excluding hydrogens is 292 g/mol. The molecule has 1 fully saturated rings. The molecule has 0 spiro atoms. The Kier molecular flexibility index (Phi) is 4.21. The molecule has 0 saturated carbocycles. The van der Waals surface area contributed by atoms with Crippen molar-refractivity contribution in [3.05, 3.63) is 22.6 Å². The molecule has 2 aromatic heterocycles. The highest BCUT2D eigenvalue weighted by molar-refractivity contribution is 5.88. The third-order valence-corrected chi connectivity index (χ3v) is 4.02. The van der Waals surface area contributed by atoms with Crippen LogP contribution in [0.3, 0.4) is 0 Å². The van der Waals surface area contributed by atoms with Gasteiger partial charge in [-0.2, -0.15) is 10.4 Å². The Hall–Kier alpha value is -2.04. The number of piperidine rings is 1. The van der Waals surface area contributed by atoms with E-state index in [4.69, 9.17) is 11.0 Å². The highest BCUT2D eigenvalue weighted by atomic mass is 35.5. The van der Waals surface area contributed by atoms with Crippen molar-refractivity contribution >= 4 is 29.1 Å². The van der Waals surface area contributed by atoms with Crippen molar-refractivity contribution in [2.75, 3.05) is 18.8 Å². The Morgan fingerprint density at radius 3 is 2.86 bits per heavy atom. The van der Waals surface area contributed by atoms with Crippen molar-refractivity contribution in [3.63, 3.8) is 0 Å². The first-order valence-electron chi connectivity index (χ1n) is 6.62. The van der Waals surface area contributed by atoms with Gasteiger partial charge in [-0.25, -0.2) is 0 Å². The fourth-order valence-corrected chi connectivity index (χ4v) is 2.97. The van der Waals surface area contributed by atoms with Crippen LogP contribution in [0.1, 0.15) is 19.3 Å². The van der Waals surface area contributed by atoms with E-state index in [0.29, 0.717) is 17.3 Å². The molecule has 0 aliphatic carbocycles. The van der Waals surface area contributed by atoms with Crippen molar-refractivity contribution in [1.82, 2.24) is 20.1 Å². The molecule has 3 heterocycles. The maximum atomic E-state index is 11.9. The second-order valence-electron chi connectivity index (χ2n) is 5.17. The summed E-state index contributed by atoms with van der Waals surface area (Å²) in [6.45, 7) is 1.65. The number of anilines is 1. The van der Waals surface area contributed by atoms with Crippen LogP contribution in [-0.2, 0) is 5.54 Å². The molecule has 0 amide bonds. The Morgan fingerprint density at radius 2 is 2.19 bits per heavy atom. The van der Waals surface area contributed by atoms with Gasteiger partial charge in [-0.3, -0.25) is 9.48 Å². The molecule has 0 radical (unpaired) electrons. The van der Waals surface area contributed by atoms with Gasteiger partial charge in [0.15, 0.2) is 5.82 Å². The zero-order valence-corrected chi connectivity index (χ0v) is 12.2. The van der Waals surface area contributed by atoms with Gasteiger partial charge in [0.05, 0.1) is 23.5 Å². The zero-order valence-electron chi connectivity index (χ0n) is 11.4. The van der Waals surface area contributed by atoms with Crippen LogP contribution >= 0.6 is 12.4 Å². The van der Waals surface area contributed by atoms with E-state index in [-0.39, 0.29) is 29.3 Å². The first-order chi connectivity index (χ1) is 9.68. The summed E-state index contributed by atoms with van der Waals surface area (Å²) in [6.07, 6.45) is 3.54. The predicted molar refractivity (Wildman–Crippen MR) is 82.3 cm³/mol. The lowest BCUT2D eigenvalue weighted by Crippen LogP contribution is -2.44. The molecule has 8 heteroatoms. The quantitative estimate of drug-likeness (QED) is 0.756. The van der Waals surface area contributed by atoms with E-state index in [2.05, 4.69) is 21.5 Å². The zero-order chi connectivity index (χ0) is 14.2. The average molecular weight is 309 g/mol. The molecule has 1 saturated heterocycles. The summed E-state index contributed by atoms with van der Waals surface area (Å²) in [5.74, 6) is 0.220. The van der Waals surface area contributed by atoms with E-state index in [1.165, 1.54) is 0 Å². The van der Waals surface area contributed by atoms with Crippen molar-refractivity contribution in [2.24, 2.45) is 0 Å². The monoisotopic (exact) mass is 308 g/mol. The second kappa shape index (κ2) is 5.76. The first-order valence-corrected chi connectivity index (χ1v) is 6.62. The summed E-state index contributed by atoms with van der Waals surface area (Å²) < 4.78 is 1.79. The molecule has 0 atom stereocenters. The number of pyridine rings is 1. The summed E-state index contributed by atoms with van der Waals surface area (Å²) in [7, 11) is 0. The Bertz CT molecular complexity index is 737. The number of aromatic nitrogens is 3. The topological polar surface area (TPSA) is 113 Å². The third kappa shape index (κ3) is 2.37. The van der Waals surface area contributed by atoms with Gasteiger partial charge in [0.1, 0.15) is 5.39 Å². The van der Waals surface area contributed by atoms with E-state index in [1.807, 2.05) is 0 Å². The van der Waals surface area contributed by atoms with Crippen molar-refractivity contribution in [3.8, 4) is 6.07 Å². The number of fused-ring (bicyclic) bond motifs is 1. The fourth-order valence-electron chi connectivity index (χ4n) is 2.97. The highest BCUT2D eigenvalue weighted by Crippen LogP contribution is 2.34. The lowest BCUT2D eigenvalue weighted by molar-refractivity contribution is 0.197. The van der Waals surface area contributed by atoms with Gasteiger partial charge < -0.3 is 16.0 Å². The lowest BCUT2D eigenvalue weighted by atomic mass is 9.85. The maximum Gasteiger partial charge on any atom is 0.261 e. The first kappa shape index (κ1) is 15.4. The van der Waals surface area contributed by atoms with Crippen LogP contribution in [0.15, 0.2) is 17.1 Å². The van der Waals surface area contributed by atoms with Crippen LogP contribution in [0.4, 0.5) is 5.82 Å². The number of nitriles is 1. The second-order valence-corrected chi connectivity index (χ2v) is 5.17. The fraction of sp³-hybridized carbons (Fsp3) is 0.462. The smallest absolute Gasteiger partial charge is 0.261 e. The summed E-state index contributed by atoms with van der Waals surface area (Å²) in [6, 6.07) is 4.04. The number of hydrogen-bond acceptors (Lipinski definition) is 5. The van der Waals surface area contributed by atoms with E-state index >= 15 is 0 Å². The number of halogens is 1. The van der Waals surface area contributed by atoms with Crippen molar-refractivity contribution in [2.45, 2.75) is 24.8 Å². The molecule has 1 aliphatic rings. The number of hydrogen-bond donors (Lipinski definition) is 3. The molecule has 0 aromatic carbocycles. The highest BCUT2D eigenvalue weighted by Gasteiger charge is 2.36. The van der Waals surface area contributed by atoms with Crippen LogP contribution < -0.4 is 16.6 Å². The van der Waals surface area contributed by atoms with Crippen molar-refractivity contribution < 1.29 is 0 Å². The summed E-state index contributed by atoms with van der Waals surface area (Å²) in [5.41, 5.74) is 5.96. The molecule has 21 heavy (non-hydrogen) atoms. The van der Waals surface area contributed by atoms with E-state index in [0.717, 1.165) is 25.9 Å². The molecule has 0 unspecified atom stereocenters. The standard InChI is InChI=1S/C13H16N6O.ClH/c14-5-2-13(3-7-16-8-4-13)19-9-1-6-17-12(20)10(9)11(15)18-19;/h1,6,16H,2-4,7-8H2,(H2,15,18)(H,17,20);1H. The number of nitrogens with one attached hydrogen (secondary N) is 2. The Balaban J connectivity index is 0.00000161. The predicted octanol–water partition coefficient (Wildman–Crippen LogP) is 0.721. The number of H-pyrrole nitrogens is 1. The van der Waals surface area contributed by atoms with Crippen molar-refractivity contribution in [1.29, 1.82) is 5.26 Å². The lowest BCUT2D eigenvalue weighted by Gasteiger charge is -2.36. The van der Waals surface area contributed by atoms with E-state index in [1.54, 1.807) is 16.9 Å². The molecular formula is C13H17ClN6O. The molecule has 112 valence electrons. The van der Waals surface area contributed by atoms with Crippen LogP contribution in [0.5, 0.6) is 0 Å². The molecule has 2 aromatic rings. The van der Waals surface area contributed by atoms with Gasteiger partial charge in [-0.05, 0) is 32.0 Å². The normalized spacial score (nSPS) is 17.1. The van der Waals surface area contributed by atoms with Crippen LogP contribution in [-0.4, -0.2) is 27.9 Å². The third-order valence-electron chi connectivity index (χ3n) is 4.02. The largest absolute Gasteiger partial charge is 0.382 e. The molecule has 0 bridgehead atoms. The van der Waals surface area contributed by atoms with E-state index < -0.39 is 0 Å². The Labute approximate surface area is 127 Å². The maximum absolute atomic E-state index is 11.9. The van der Waals surface area contributed by atoms with Gasteiger partial charge in [-0.1, -0.05) is 0 Å². The number of nitrogens with zero attached hydrogens (tertiary/aromatic N) is 3. The number of nitrogen functional groups attached to an aromatic ring is 1. The van der Waals surface area contributed by atoms with Crippen LogP contribution in [0, 0.1) is 11.3 Å². The van der Waals surface area contributed by atoms with Gasteiger partial charge in [0.2, 0.25) is 0 Å². The summed E-state index contributed by atoms with van der Waals surface area (Å²) >= 11 is 0. The van der Waals surface area contributed by atoms with Crippen LogP contribution in [0.2, 0.25) is 0 Å². The number of rotatable bonds is 2. The molecule has 3 rings (SSSR count). The van der Waals surface area contributed by atoms with Gasteiger partial charge in [-0.15, -0.1) is 12.4 Å². The summed E-state index contributed by atoms with van der Waals surface area (Å²) in [4.78, 5) is 14.5. The van der Waals surface area contributed by atoms with Gasteiger partial charge in [0.25, 0.3) is 5.56 Å². The number of aromatic amines is 1. The minimum atomic E-state index is -0.385. The molecule has 1 aliphatic heterocycles. The van der Waals surface area contributed by atoms with Crippen LogP contribution in [0.25, 0.3) is 10.9 Å².